The highest BCUT2D eigenvalue weighted by Gasteiger charge is 2.24. The van der Waals surface area contributed by atoms with Crippen molar-refractivity contribution in [3.63, 3.8) is 0 Å². The molecule has 1 aromatic heterocycles. The lowest BCUT2D eigenvalue weighted by atomic mass is 10.1. The number of halogens is 2. The average Bonchev–Trinajstić information content (AvgIpc) is 3.35. The number of amides is 1. The molecule has 3 N–H and O–H groups in total. The van der Waals surface area contributed by atoms with Gasteiger partial charge in [-0.2, -0.15) is 0 Å². The Hall–Kier alpha value is -3.53. The fourth-order valence-electron chi connectivity index (χ4n) is 2.90. The molecule has 0 aliphatic carbocycles. The molecule has 0 bridgehead atoms. The van der Waals surface area contributed by atoms with E-state index in [0.29, 0.717) is 27.7 Å². The Morgan fingerprint density at radius 1 is 0.970 bits per heavy atom. The van der Waals surface area contributed by atoms with E-state index in [0.717, 1.165) is 11.8 Å². The molecule has 1 aliphatic rings. The summed E-state index contributed by atoms with van der Waals surface area (Å²) in [5.74, 6) is -1.87. The van der Waals surface area contributed by atoms with E-state index in [-0.39, 0.29) is 26.3 Å². The predicted octanol–water partition coefficient (Wildman–Crippen LogP) is 5.54. The van der Waals surface area contributed by atoms with Gasteiger partial charge in [0.25, 0.3) is 5.91 Å². The van der Waals surface area contributed by atoms with Crippen LogP contribution in [0, 0.1) is 0 Å². The second-order valence-electron chi connectivity index (χ2n) is 6.65. The van der Waals surface area contributed by atoms with E-state index in [2.05, 4.69) is 10.3 Å². The van der Waals surface area contributed by atoms with Crippen molar-refractivity contribution in [2.24, 2.45) is 4.99 Å². The molecular formula is C22H12Cl2N2O6S. The molecule has 1 saturated heterocycles. The number of aromatic carboxylic acids is 2. The molecule has 166 valence electrons. The van der Waals surface area contributed by atoms with E-state index in [1.165, 1.54) is 36.4 Å². The number of nitrogens with zero attached hydrogens (tertiary/aromatic N) is 1. The normalized spacial score (nSPS) is 15.8. The van der Waals surface area contributed by atoms with Crippen LogP contribution in [0.25, 0.3) is 17.4 Å². The summed E-state index contributed by atoms with van der Waals surface area (Å²) in [6.45, 7) is 0. The second kappa shape index (κ2) is 9.14. The number of carbonyl (C=O) groups is 3. The third-order valence-corrected chi connectivity index (χ3v) is 6.00. The minimum Gasteiger partial charge on any atom is -0.478 e. The van der Waals surface area contributed by atoms with Crippen LogP contribution < -0.4 is 5.32 Å². The number of nitrogens with one attached hydrogen (secondary N) is 1. The number of benzene rings is 2. The van der Waals surface area contributed by atoms with Crippen LogP contribution in [0.2, 0.25) is 10.0 Å². The van der Waals surface area contributed by atoms with Gasteiger partial charge in [-0.15, -0.1) is 0 Å². The van der Waals surface area contributed by atoms with E-state index in [9.17, 15) is 19.5 Å². The highest BCUT2D eigenvalue weighted by molar-refractivity contribution is 8.18. The van der Waals surface area contributed by atoms with Gasteiger partial charge >= 0.3 is 11.9 Å². The van der Waals surface area contributed by atoms with E-state index >= 15 is 0 Å². The van der Waals surface area contributed by atoms with Crippen molar-refractivity contribution in [1.82, 2.24) is 5.32 Å². The molecule has 3 aromatic rings. The maximum atomic E-state index is 12.3. The highest BCUT2D eigenvalue weighted by Crippen LogP contribution is 2.32. The first-order chi connectivity index (χ1) is 15.7. The van der Waals surface area contributed by atoms with Gasteiger partial charge in [0, 0.05) is 11.6 Å². The van der Waals surface area contributed by atoms with Crippen molar-refractivity contribution in [1.29, 1.82) is 0 Å². The van der Waals surface area contributed by atoms with Gasteiger partial charge in [-0.25, -0.2) is 14.6 Å². The number of furan rings is 1. The molecule has 0 unspecified atom stereocenters. The van der Waals surface area contributed by atoms with Gasteiger partial charge in [0.05, 0.1) is 31.8 Å². The Morgan fingerprint density at radius 2 is 1.73 bits per heavy atom. The van der Waals surface area contributed by atoms with E-state index in [1.54, 1.807) is 18.2 Å². The summed E-state index contributed by atoms with van der Waals surface area (Å²) in [7, 11) is 0. The van der Waals surface area contributed by atoms with E-state index < -0.39 is 17.8 Å². The summed E-state index contributed by atoms with van der Waals surface area (Å²) in [6, 6.07) is 12.0. The van der Waals surface area contributed by atoms with Gasteiger partial charge in [0.1, 0.15) is 11.5 Å². The quantitative estimate of drug-likeness (QED) is 0.390. The molecular weight excluding hydrogens is 491 g/mol. The average molecular weight is 503 g/mol. The number of rotatable bonds is 5. The molecule has 11 heteroatoms. The van der Waals surface area contributed by atoms with Crippen LogP contribution in [0.4, 0.5) is 5.69 Å². The maximum Gasteiger partial charge on any atom is 0.337 e. The van der Waals surface area contributed by atoms with Crippen molar-refractivity contribution in [2.75, 3.05) is 0 Å². The fraction of sp³-hybridized carbons (Fsp3) is 0. The highest BCUT2D eigenvalue weighted by atomic mass is 35.5. The Labute approximate surface area is 200 Å². The lowest BCUT2D eigenvalue weighted by Gasteiger charge is -2.01. The van der Waals surface area contributed by atoms with Gasteiger partial charge in [-0.1, -0.05) is 29.3 Å². The standard InChI is InChI=1S/C22H12Cl2N2O6S/c23-15-5-2-11(8-14(15)21(30)31)25-22-26-19(27)18(33-22)9-12-3-6-17(32-12)10-1-4-13(20(28)29)16(24)7-10/h1-9H,(H,28,29)(H,30,31)(H,25,26,27)/b18-9-. The maximum absolute atomic E-state index is 12.3. The molecule has 0 spiro atoms. The first-order valence-corrected chi connectivity index (χ1v) is 10.7. The number of carboxylic acid groups (broad SMARTS) is 2. The number of aliphatic imine (C=N–C) groups is 1. The van der Waals surface area contributed by atoms with Crippen molar-refractivity contribution < 1.29 is 29.0 Å². The number of thioether (sulfide) groups is 1. The van der Waals surface area contributed by atoms with Gasteiger partial charge in [-0.05, 0) is 54.2 Å². The van der Waals surface area contributed by atoms with E-state index in [4.69, 9.17) is 32.7 Å². The third kappa shape index (κ3) is 4.95. The first-order valence-electron chi connectivity index (χ1n) is 9.17. The van der Waals surface area contributed by atoms with Crippen LogP contribution in [-0.4, -0.2) is 33.2 Å². The number of hydrogen-bond acceptors (Lipinski definition) is 6. The van der Waals surface area contributed by atoms with Gasteiger partial charge in [-0.3, -0.25) is 4.79 Å². The SMILES string of the molecule is O=C1NC(=Nc2ccc(Cl)c(C(=O)O)c2)S/C1=C\c1ccc(-c2ccc(C(=O)O)c(Cl)c2)o1. The Morgan fingerprint density at radius 3 is 2.42 bits per heavy atom. The molecule has 1 aliphatic heterocycles. The Kier molecular flexibility index (Phi) is 6.28. The van der Waals surface area contributed by atoms with Crippen LogP contribution in [0.3, 0.4) is 0 Å². The minimum absolute atomic E-state index is 0.0173. The number of hydrogen-bond donors (Lipinski definition) is 3. The largest absolute Gasteiger partial charge is 0.478 e. The molecule has 0 saturated carbocycles. The number of amidine groups is 1. The number of carbonyl (C=O) groups excluding carboxylic acids is 1. The summed E-state index contributed by atoms with van der Waals surface area (Å²) in [6.07, 6.45) is 1.53. The number of carboxylic acids is 2. The van der Waals surface area contributed by atoms with Gasteiger partial charge < -0.3 is 19.9 Å². The van der Waals surface area contributed by atoms with Crippen LogP contribution in [0.15, 0.2) is 62.8 Å². The lowest BCUT2D eigenvalue weighted by Crippen LogP contribution is -2.19. The van der Waals surface area contributed by atoms with Crippen molar-refractivity contribution in [3.8, 4) is 11.3 Å². The molecule has 0 atom stereocenters. The zero-order chi connectivity index (χ0) is 23.7. The molecule has 0 radical (unpaired) electrons. The zero-order valence-corrected chi connectivity index (χ0v) is 18.7. The van der Waals surface area contributed by atoms with Crippen molar-refractivity contribution in [2.45, 2.75) is 0 Å². The van der Waals surface area contributed by atoms with Crippen LogP contribution >= 0.6 is 35.0 Å². The van der Waals surface area contributed by atoms with Crippen molar-refractivity contribution in [3.05, 3.63) is 80.4 Å². The monoisotopic (exact) mass is 502 g/mol. The third-order valence-electron chi connectivity index (χ3n) is 4.45. The van der Waals surface area contributed by atoms with Crippen LogP contribution in [0.1, 0.15) is 26.5 Å². The minimum atomic E-state index is -1.18. The van der Waals surface area contributed by atoms with Gasteiger partial charge in [0.2, 0.25) is 0 Å². The van der Waals surface area contributed by atoms with Crippen molar-refractivity contribution >= 4 is 69.7 Å². The summed E-state index contributed by atoms with van der Waals surface area (Å²) in [4.78, 5) is 39.2. The molecule has 4 rings (SSSR count). The Bertz CT molecular complexity index is 1380. The molecule has 33 heavy (non-hydrogen) atoms. The zero-order valence-electron chi connectivity index (χ0n) is 16.3. The predicted molar refractivity (Wildman–Crippen MR) is 125 cm³/mol. The topological polar surface area (TPSA) is 129 Å². The first kappa shape index (κ1) is 22.7. The molecule has 8 nitrogen and oxygen atoms in total. The molecule has 2 heterocycles. The fourth-order valence-corrected chi connectivity index (χ4v) is 4.18. The Balaban J connectivity index is 1.55. The van der Waals surface area contributed by atoms with E-state index in [1.807, 2.05) is 0 Å². The molecule has 1 fully saturated rings. The molecule has 1 amide bonds. The van der Waals surface area contributed by atoms with Crippen LogP contribution in [0.5, 0.6) is 0 Å². The van der Waals surface area contributed by atoms with Gasteiger partial charge in [0.15, 0.2) is 5.17 Å². The summed E-state index contributed by atoms with van der Waals surface area (Å²) >= 11 is 12.9. The second-order valence-corrected chi connectivity index (χ2v) is 8.50. The van der Waals surface area contributed by atoms with Crippen LogP contribution in [-0.2, 0) is 4.79 Å². The summed E-state index contributed by atoms with van der Waals surface area (Å²) < 4.78 is 5.75. The summed E-state index contributed by atoms with van der Waals surface area (Å²) in [5.41, 5.74) is 0.791. The molecule has 2 aromatic carbocycles. The lowest BCUT2D eigenvalue weighted by molar-refractivity contribution is -0.115. The summed E-state index contributed by atoms with van der Waals surface area (Å²) in [5, 5.41) is 21.3. The smallest absolute Gasteiger partial charge is 0.337 e.